The molecule has 2 aromatic carbocycles. The molecule has 0 radical (unpaired) electrons. The lowest BCUT2D eigenvalue weighted by molar-refractivity contribution is 0.590. The maximum absolute atomic E-state index is 4.93. The normalized spacial score (nSPS) is 11.5. The summed E-state index contributed by atoms with van der Waals surface area (Å²) in [4.78, 5) is 4.93. The number of aromatic nitrogens is 1. The number of hydrogen-bond donors (Lipinski definition) is 0. The standard InChI is InChI=1S/C22H23N/c1-16-9-8-12-18(13-16)21-15-19(22(2,3)4)14-20(23-21)17-10-6-5-7-11-17/h5-15H,1-4H3. The predicted molar refractivity (Wildman–Crippen MR) is 98.5 cm³/mol. The number of nitrogens with zero attached hydrogens (tertiary/aromatic N) is 1. The van der Waals surface area contributed by atoms with E-state index in [1.165, 1.54) is 16.7 Å². The number of hydrogen-bond acceptors (Lipinski definition) is 1. The van der Waals surface area contributed by atoms with Gasteiger partial charge in [-0.3, -0.25) is 0 Å². The molecule has 0 unspecified atom stereocenters. The van der Waals surface area contributed by atoms with E-state index in [-0.39, 0.29) is 5.41 Å². The van der Waals surface area contributed by atoms with Crippen molar-refractivity contribution in [3.63, 3.8) is 0 Å². The van der Waals surface area contributed by atoms with Gasteiger partial charge in [-0.05, 0) is 36.1 Å². The molecule has 1 nitrogen and oxygen atoms in total. The molecule has 0 spiro atoms. The molecule has 0 amide bonds. The Morgan fingerprint density at radius 3 is 1.91 bits per heavy atom. The molecule has 0 atom stereocenters. The zero-order valence-corrected chi connectivity index (χ0v) is 14.3. The van der Waals surface area contributed by atoms with Crippen molar-refractivity contribution in [1.82, 2.24) is 4.98 Å². The first-order valence-corrected chi connectivity index (χ1v) is 8.08. The van der Waals surface area contributed by atoms with Gasteiger partial charge in [0.2, 0.25) is 0 Å². The molecule has 116 valence electrons. The van der Waals surface area contributed by atoms with Crippen molar-refractivity contribution in [2.75, 3.05) is 0 Å². The molecular formula is C22H23N. The highest BCUT2D eigenvalue weighted by Gasteiger charge is 2.17. The Labute approximate surface area is 139 Å². The van der Waals surface area contributed by atoms with Crippen LogP contribution in [0.5, 0.6) is 0 Å². The van der Waals surface area contributed by atoms with Gasteiger partial charge in [-0.25, -0.2) is 4.98 Å². The molecule has 1 heterocycles. The molecule has 1 heteroatoms. The van der Waals surface area contributed by atoms with Gasteiger partial charge in [0.25, 0.3) is 0 Å². The summed E-state index contributed by atoms with van der Waals surface area (Å²) in [5.74, 6) is 0. The molecule has 0 bridgehead atoms. The van der Waals surface area contributed by atoms with E-state index in [4.69, 9.17) is 4.98 Å². The number of pyridine rings is 1. The fraction of sp³-hybridized carbons (Fsp3) is 0.227. The molecule has 3 aromatic rings. The van der Waals surface area contributed by atoms with Gasteiger partial charge in [0, 0.05) is 11.1 Å². The van der Waals surface area contributed by atoms with Crippen LogP contribution in [-0.4, -0.2) is 4.98 Å². The lowest BCUT2D eigenvalue weighted by Crippen LogP contribution is -2.12. The summed E-state index contributed by atoms with van der Waals surface area (Å²) in [5, 5.41) is 0. The van der Waals surface area contributed by atoms with Gasteiger partial charge in [0.15, 0.2) is 0 Å². The zero-order valence-electron chi connectivity index (χ0n) is 14.3. The van der Waals surface area contributed by atoms with Gasteiger partial charge in [-0.1, -0.05) is 74.9 Å². The third kappa shape index (κ3) is 3.50. The van der Waals surface area contributed by atoms with E-state index in [9.17, 15) is 0 Å². The molecule has 3 rings (SSSR count). The second-order valence-electron chi connectivity index (χ2n) is 7.11. The Morgan fingerprint density at radius 2 is 1.30 bits per heavy atom. The van der Waals surface area contributed by atoms with Crippen LogP contribution in [0.1, 0.15) is 31.9 Å². The van der Waals surface area contributed by atoms with Crippen molar-refractivity contribution >= 4 is 0 Å². The topological polar surface area (TPSA) is 12.9 Å². The Balaban J connectivity index is 2.20. The minimum atomic E-state index is 0.0883. The number of aryl methyl sites for hydroxylation is 1. The van der Waals surface area contributed by atoms with Crippen LogP contribution in [0, 0.1) is 6.92 Å². The van der Waals surface area contributed by atoms with Crippen molar-refractivity contribution < 1.29 is 0 Å². The van der Waals surface area contributed by atoms with E-state index < -0.39 is 0 Å². The third-order valence-corrected chi connectivity index (χ3v) is 4.07. The van der Waals surface area contributed by atoms with Gasteiger partial charge in [0.05, 0.1) is 11.4 Å². The molecule has 0 aliphatic carbocycles. The smallest absolute Gasteiger partial charge is 0.0712 e. The Bertz CT molecular complexity index is 811. The maximum atomic E-state index is 4.93. The average Bonchev–Trinajstić information content (AvgIpc) is 2.54. The van der Waals surface area contributed by atoms with E-state index in [1.54, 1.807) is 0 Å². The van der Waals surface area contributed by atoms with Crippen LogP contribution < -0.4 is 0 Å². The van der Waals surface area contributed by atoms with Crippen LogP contribution in [0.3, 0.4) is 0 Å². The summed E-state index contributed by atoms with van der Waals surface area (Å²) >= 11 is 0. The van der Waals surface area contributed by atoms with Gasteiger partial charge < -0.3 is 0 Å². The highest BCUT2D eigenvalue weighted by atomic mass is 14.7. The highest BCUT2D eigenvalue weighted by Crippen LogP contribution is 2.31. The minimum absolute atomic E-state index is 0.0883. The van der Waals surface area contributed by atoms with Crippen molar-refractivity contribution in [2.45, 2.75) is 33.1 Å². The Morgan fingerprint density at radius 1 is 0.696 bits per heavy atom. The summed E-state index contributed by atoms with van der Waals surface area (Å²) in [6.07, 6.45) is 0. The fourth-order valence-corrected chi connectivity index (χ4v) is 2.67. The van der Waals surface area contributed by atoms with E-state index >= 15 is 0 Å². The first-order chi connectivity index (χ1) is 10.9. The van der Waals surface area contributed by atoms with Gasteiger partial charge in [-0.15, -0.1) is 0 Å². The van der Waals surface area contributed by atoms with Crippen LogP contribution in [0.4, 0.5) is 0 Å². The van der Waals surface area contributed by atoms with E-state index in [2.05, 4.69) is 88.4 Å². The number of rotatable bonds is 2. The fourth-order valence-electron chi connectivity index (χ4n) is 2.67. The molecule has 1 aromatic heterocycles. The van der Waals surface area contributed by atoms with Gasteiger partial charge >= 0.3 is 0 Å². The van der Waals surface area contributed by atoms with Crippen LogP contribution in [0.2, 0.25) is 0 Å². The zero-order chi connectivity index (χ0) is 16.4. The summed E-state index contributed by atoms with van der Waals surface area (Å²) in [6, 6.07) is 23.4. The molecule has 0 fully saturated rings. The largest absolute Gasteiger partial charge is 0.248 e. The second-order valence-corrected chi connectivity index (χ2v) is 7.11. The molecule has 0 aliphatic rings. The maximum Gasteiger partial charge on any atom is 0.0712 e. The molecule has 0 aliphatic heterocycles. The monoisotopic (exact) mass is 301 g/mol. The first kappa shape index (κ1) is 15.5. The molecule has 0 saturated heterocycles. The molecule has 0 saturated carbocycles. The Hall–Kier alpha value is -2.41. The summed E-state index contributed by atoms with van der Waals surface area (Å²) < 4.78 is 0. The summed E-state index contributed by atoms with van der Waals surface area (Å²) in [5.41, 5.74) is 7.07. The van der Waals surface area contributed by atoms with Crippen LogP contribution in [-0.2, 0) is 5.41 Å². The van der Waals surface area contributed by atoms with Crippen LogP contribution in [0.15, 0.2) is 66.7 Å². The van der Waals surface area contributed by atoms with Crippen LogP contribution >= 0.6 is 0 Å². The van der Waals surface area contributed by atoms with Crippen molar-refractivity contribution in [1.29, 1.82) is 0 Å². The lowest BCUT2D eigenvalue weighted by atomic mass is 9.85. The number of benzene rings is 2. The van der Waals surface area contributed by atoms with Gasteiger partial charge in [0.1, 0.15) is 0 Å². The molecular weight excluding hydrogens is 278 g/mol. The quantitative estimate of drug-likeness (QED) is 0.564. The second kappa shape index (κ2) is 6.00. The van der Waals surface area contributed by atoms with E-state index in [1.807, 2.05) is 6.07 Å². The minimum Gasteiger partial charge on any atom is -0.248 e. The van der Waals surface area contributed by atoms with Crippen molar-refractivity contribution in [3.8, 4) is 22.5 Å². The van der Waals surface area contributed by atoms with E-state index in [0.29, 0.717) is 0 Å². The molecule has 0 N–H and O–H groups in total. The van der Waals surface area contributed by atoms with Gasteiger partial charge in [-0.2, -0.15) is 0 Å². The predicted octanol–water partition coefficient (Wildman–Crippen LogP) is 6.02. The van der Waals surface area contributed by atoms with Crippen molar-refractivity contribution in [2.24, 2.45) is 0 Å². The lowest BCUT2D eigenvalue weighted by Gasteiger charge is -2.21. The van der Waals surface area contributed by atoms with E-state index in [0.717, 1.165) is 17.0 Å². The first-order valence-electron chi connectivity index (χ1n) is 8.08. The summed E-state index contributed by atoms with van der Waals surface area (Å²) in [6.45, 7) is 8.86. The van der Waals surface area contributed by atoms with Crippen LogP contribution in [0.25, 0.3) is 22.5 Å². The SMILES string of the molecule is Cc1cccc(-c2cc(C(C)(C)C)cc(-c3ccccc3)n2)c1. The Kier molecular flexibility index (Phi) is 4.04. The third-order valence-electron chi connectivity index (χ3n) is 4.07. The molecule has 23 heavy (non-hydrogen) atoms. The summed E-state index contributed by atoms with van der Waals surface area (Å²) in [7, 11) is 0. The average molecular weight is 301 g/mol. The van der Waals surface area contributed by atoms with Crippen molar-refractivity contribution in [3.05, 3.63) is 77.9 Å². The highest BCUT2D eigenvalue weighted by molar-refractivity contribution is 5.68.